The largest absolute Gasteiger partial charge is 0.480 e. The molecule has 0 saturated carbocycles. The number of carboxylic acids is 1. The number of para-hydroxylation sites is 1. The lowest BCUT2D eigenvalue weighted by molar-refractivity contribution is -0.139. The Kier molecular flexibility index (Phi) is 4.79. The number of hydrogen-bond donors (Lipinski definition) is 3. The highest BCUT2D eigenvalue weighted by Gasteiger charge is 2.25. The number of benzene rings is 1. The van der Waals surface area contributed by atoms with Gasteiger partial charge in [0.25, 0.3) is 0 Å². The van der Waals surface area contributed by atoms with Gasteiger partial charge in [-0.25, -0.2) is 9.59 Å². The summed E-state index contributed by atoms with van der Waals surface area (Å²) in [6, 6.07) is 6.15. The van der Waals surface area contributed by atoms with E-state index in [0.717, 1.165) is 5.39 Å². The second-order valence-corrected chi connectivity index (χ2v) is 6.40. The average Bonchev–Trinajstić information content (AvgIpc) is 2.87. The van der Waals surface area contributed by atoms with Gasteiger partial charge in [0.15, 0.2) is 0 Å². The number of amides is 1. The van der Waals surface area contributed by atoms with Gasteiger partial charge in [-0.05, 0) is 32.4 Å². The lowest BCUT2D eigenvalue weighted by Crippen LogP contribution is -2.44. The van der Waals surface area contributed by atoms with E-state index < -0.39 is 23.7 Å². The van der Waals surface area contributed by atoms with Gasteiger partial charge < -0.3 is 20.1 Å². The Hall–Kier alpha value is -3.01. The summed E-state index contributed by atoms with van der Waals surface area (Å²) in [4.78, 5) is 26.3. The number of aromatic nitrogens is 1. The number of ether oxygens (including phenoxy) is 1. The number of nitrogens with one attached hydrogen (secondary N) is 2. The second kappa shape index (κ2) is 6.62. The number of carboxylic acid groups (broad SMARTS) is 1. The summed E-state index contributed by atoms with van der Waals surface area (Å²) in [7, 11) is 0. The Morgan fingerprint density at radius 1 is 1.42 bits per heavy atom. The highest BCUT2D eigenvalue weighted by Crippen LogP contribution is 2.22. The van der Waals surface area contributed by atoms with Gasteiger partial charge >= 0.3 is 12.1 Å². The van der Waals surface area contributed by atoms with Gasteiger partial charge in [0.05, 0.1) is 11.1 Å². The first-order valence-corrected chi connectivity index (χ1v) is 7.42. The molecule has 1 heterocycles. The number of alkyl carbamates (subject to hydrolysis) is 1. The van der Waals surface area contributed by atoms with Crippen molar-refractivity contribution >= 4 is 23.0 Å². The van der Waals surface area contributed by atoms with E-state index in [1.807, 2.05) is 0 Å². The van der Waals surface area contributed by atoms with Crippen molar-refractivity contribution in [3.05, 3.63) is 35.5 Å². The van der Waals surface area contributed by atoms with Gasteiger partial charge in [-0.3, -0.25) is 0 Å². The lowest BCUT2D eigenvalue weighted by Gasteiger charge is -2.22. The first-order valence-electron chi connectivity index (χ1n) is 7.42. The van der Waals surface area contributed by atoms with E-state index in [1.165, 1.54) is 0 Å². The van der Waals surface area contributed by atoms with Crippen LogP contribution in [0.15, 0.2) is 24.4 Å². The normalized spacial score (nSPS) is 12.4. The van der Waals surface area contributed by atoms with Crippen molar-refractivity contribution in [1.29, 1.82) is 5.26 Å². The van der Waals surface area contributed by atoms with Crippen molar-refractivity contribution in [2.75, 3.05) is 0 Å². The quantitative estimate of drug-likeness (QED) is 0.797. The van der Waals surface area contributed by atoms with Crippen molar-refractivity contribution in [1.82, 2.24) is 10.3 Å². The molecule has 3 N–H and O–H groups in total. The predicted molar refractivity (Wildman–Crippen MR) is 87.5 cm³/mol. The molecule has 24 heavy (non-hydrogen) atoms. The van der Waals surface area contributed by atoms with E-state index in [-0.39, 0.29) is 6.42 Å². The van der Waals surface area contributed by atoms with E-state index in [4.69, 9.17) is 10.00 Å². The number of H-pyrrole nitrogens is 1. The van der Waals surface area contributed by atoms with Gasteiger partial charge in [0.1, 0.15) is 17.7 Å². The van der Waals surface area contributed by atoms with Crippen LogP contribution in [0, 0.1) is 11.3 Å². The Labute approximate surface area is 139 Å². The zero-order chi connectivity index (χ0) is 17.9. The summed E-state index contributed by atoms with van der Waals surface area (Å²) >= 11 is 0. The van der Waals surface area contributed by atoms with Gasteiger partial charge in [-0.1, -0.05) is 12.1 Å². The number of rotatable bonds is 4. The smallest absolute Gasteiger partial charge is 0.408 e. The maximum atomic E-state index is 11.8. The summed E-state index contributed by atoms with van der Waals surface area (Å²) in [6.45, 7) is 5.10. The van der Waals surface area contributed by atoms with E-state index in [1.54, 1.807) is 45.2 Å². The summed E-state index contributed by atoms with van der Waals surface area (Å²) in [6.07, 6.45) is 0.939. The molecule has 0 fully saturated rings. The van der Waals surface area contributed by atoms with Crippen molar-refractivity contribution < 1.29 is 19.4 Å². The molecule has 2 aromatic rings. The van der Waals surface area contributed by atoms with Crippen LogP contribution in [0.2, 0.25) is 0 Å². The molecule has 7 heteroatoms. The van der Waals surface area contributed by atoms with Crippen LogP contribution in [0.4, 0.5) is 4.79 Å². The Morgan fingerprint density at radius 2 is 2.12 bits per heavy atom. The highest BCUT2D eigenvalue weighted by molar-refractivity contribution is 5.89. The van der Waals surface area contributed by atoms with Crippen LogP contribution in [0.25, 0.3) is 10.9 Å². The molecule has 0 unspecified atom stereocenters. The molecule has 0 aliphatic rings. The SMILES string of the molecule is CC(C)(C)OC(=O)N[C@H](Cc1c[nH]c2c(C#N)cccc12)C(=O)O. The Bertz CT molecular complexity index is 811. The van der Waals surface area contributed by atoms with E-state index in [0.29, 0.717) is 16.6 Å². The number of nitriles is 1. The number of nitrogens with zero attached hydrogens (tertiary/aromatic N) is 1. The summed E-state index contributed by atoms with van der Waals surface area (Å²) in [5, 5.41) is 21.6. The molecule has 0 saturated heterocycles. The Balaban J connectivity index is 2.22. The molecule has 126 valence electrons. The zero-order valence-corrected chi connectivity index (χ0v) is 13.7. The molecular formula is C17H19N3O4. The fraction of sp³-hybridized carbons (Fsp3) is 0.353. The van der Waals surface area contributed by atoms with Crippen LogP contribution in [0.3, 0.4) is 0 Å². The molecule has 0 spiro atoms. The van der Waals surface area contributed by atoms with Crippen molar-refractivity contribution in [2.24, 2.45) is 0 Å². The van der Waals surface area contributed by atoms with Crippen molar-refractivity contribution in [2.45, 2.75) is 38.8 Å². The van der Waals surface area contributed by atoms with Gasteiger partial charge in [0, 0.05) is 18.0 Å². The minimum absolute atomic E-state index is 0.0729. The molecule has 1 aromatic heterocycles. The number of aromatic amines is 1. The fourth-order valence-corrected chi connectivity index (χ4v) is 2.34. The minimum Gasteiger partial charge on any atom is -0.480 e. The van der Waals surface area contributed by atoms with Crippen LogP contribution in [0.1, 0.15) is 31.9 Å². The molecule has 0 bridgehead atoms. The molecule has 2 rings (SSSR count). The van der Waals surface area contributed by atoms with Gasteiger partial charge in [-0.2, -0.15) is 5.26 Å². The molecule has 0 aliphatic carbocycles. The maximum Gasteiger partial charge on any atom is 0.408 e. The number of hydrogen-bond acceptors (Lipinski definition) is 4. The van der Waals surface area contributed by atoms with Crippen molar-refractivity contribution in [3.63, 3.8) is 0 Å². The maximum absolute atomic E-state index is 11.8. The van der Waals surface area contributed by atoms with Crippen LogP contribution in [-0.2, 0) is 16.0 Å². The fourth-order valence-electron chi connectivity index (χ4n) is 2.34. The predicted octanol–water partition coefficient (Wildman–Crippen LogP) is 2.56. The molecule has 7 nitrogen and oxygen atoms in total. The third-order valence-electron chi connectivity index (χ3n) is 3.33. The Morgan fingerprint density at radius 3 is 2.71 bits per heavy atom. The minimum atomic E-state index is -1.16. The van der Waals surface area contributed by atoms with Gasteiger partial charge in [0.2, 0.25) is 0 Å². The van der Waals surface area contributed by atoms with Gasteiger partial charge in [-0.15, -0.1) is 0 Å². The average molecular weight is 329 g/mol. The van der Waals surface area contributed by atoms with Crippen LogP contribution < -0.4 is 5.32 Å². The number of carbonyl (C=O) groups excluding carboxylic acids is 1. The molecule has 0 radical (unpaired) electrons. The molecular weight excluding hydrogens is 310 g/mol. The van der Waals surface area contributed by atoms with Crippen LogP contribution in [-0.4, -0.2) is 33.8 Å². The first kappa shape index (κ1) is 17.3. The van der Waals surface area contributed by atoms with E-state index in [2.05, 4.69) is 16.4 Å². The molecule has 1 atom stereocenters. The highest BCUT2D eigenvalue weighted by atomic mass is 16.6. The van der Waals surface area contributed by atoms with Crippen LogP contribution >= 0.6 is 0 Å². The van der Waals surface area contributed by atoms with Crippen molar-refractivity contribution in [3.8, 4) is 6.07 Å². The van der Waals surface area contributed by atoms with E-state index >= 15 is 0 Å². The third kappa shape index (κ3) is 4.04. The van der Waals surface area contributed by atoms with Crippen LogP contribution in [0.5, 0.6) is 0 Å². The summed E-state index contributed by atoms with van der Waals surface area (Å²) < 4.78 is 5.10. The standard InChI is InChI=1S/C17H19N3O4/c1-17(2,3)24-16(23)20-13(15(21)22)7-11-9-19-14-10(8-18)5-4-6-12(11)14/h4-6,9,13,19H,7H2,1-3H3,(H,20,23)(H,21,22)/t13-/m1/s1. The number of carbonyl (C=O) groups is 2. The summed E-state index contributed by atoms with van der Waals surface area (Å²) in [5.74, 6) is -1.16. The topological polar surface area (TPSA) is 115 Å². The summed E-state index contributed by atoms with van der Waals surface area (Å²) in [5.41, 5.74) is 1.11. The third-order valence-corrected chi connectivity index (χ3v) is 3.33. The number of fused-ring (bicyclic) bond motifs is 1. The van der Waals surface area contributed by atoms with E-state index in [9.17, 15) is 14.7 Å². The number of aliphatic carboxylic acids is 1. The lowest BCUT2D eigenvalue weighted by atomic mass is 10.0. The molecule has 1 amide bonds. The molecule has 0 aliphatic heterocycles. The monoisotopic (exact) mass is 329 g/mol. The first-order chi connectivity index (χ1) is 11.2. The zero-order valence-electron chi connectivity index (χ0n) is 13.7. The second-order valence-electron chi connectivity index (χ2n) is 6.40. The molecule has 1 aromatic carbocycles.